The van der Waals surface area contributed by atoms with Crippen molar-refractivity contribution in [3.8, 4) is 0 Å². The van der Waals surface area contributed by atoms with Gasteiger partial charge in [0.15, 0.2) is 5.96 Å². The molecule has 0 aromatic carbocycles. The van der Waals surface area contributed by atoms with Crippen LogP contribution in [-0.2, 0) is 9.47 Å². The monoisotopic (exact) mass is 365 g/mol. The SMILES string of the molecule is CN=C(NCCCCC1CCCC1)N1CCC(OCC2CCCO2)CC1. The van der Waals surface area contributed by atoms with Crippen molar-refractivity contribution < 1.29 is 9.47 Å². The van der Waals surface area contributed by atoms with Gasteiger partial charge in [-0.25, -0.2) is 0 Å². The molecule has 2 saturated heterocycles. The van der Waals surface area contributed by atoms with Crippen LogP contribution in [-0.4, -0.2) is 63.0 Å². The molecule has 1 aliphatic carbocycles. The van der Waals surface area contributed by atoms with Gasteiger partial charge in [0.05, 0.1) is 18.8 Å². The van der Waals surface area contributed by atoms with Crippen LogP contribution in [0.3, 0.4) is 0 Å². The number of unbranched alkanes of at least 4 members (excludes halogenated alkanes) is 1. The number of guanidine groups is 1. The first-order chi connectivity index (χ1) is 12.8. The number of aliphatic imine (C=N–C) groups is 1. The van der Waals surface area contributed by atoms with E-state index in [4.69, 9.17) is 9.47 Å². The highest BCUT2D eigenvalue weighted by atomic mass is 16.5. The van der Waals surface area contributed by atoms with Crippen molar-refractivity contribution in [3.63, 3.8) is 0 Å². The first kappa shape index (κ1) is 19.9. The maximum atomic E-state index is 6.08. The van der Waals surface area contributed by atoms with E-state index in [1.807, 2.05) is 7.05 Å². The Balaban J connectivity index is 1.25. The summed E-state index contributed by atoms with van der Waals surface area (Å²) in [5.41, 5.74) is 0. The van der Waals surface area contributed by atoms with E-state index in [0.717, 1.165) is 64.0 Å². The minimum absolute atomic E-state index is 0.340. The molecule has 1 N–H and O–H groups in total. The fourth-order valence-electron chi connectivity index (χ4n) is 4.64. The molecule has 1 unspecified atom stereocenters. The van der Waals surface area contributed by atoms with E-state index in [1.54, 1.807) is 0 Å². The van der Waals surface area contributed by atoms with Crippen LogP contribution in [0.15, 0.2) is 4.99 Å². The molecular formula is C21H39N3O2. The normalized spacial score (nSPS) is 26.0. The Labute approximate surface area is 159 Å². The summed E-state index contributed by atoms with van der Waals surface area (Å²) in [7, 11) is 1.90. The van der Waals surface area contributed by atoms with Crippen LogP contribution in [0.5, 0.6) is 0 Å². The number of ether oxygens (including phenoxy) is 2. The van der Waals surface area contributed by atoms with E-state index in [0.29, 0.717) is 12.2 Å². The van der Waals surface area contributed by atoms with Crippen LogP contribution >= 0.6 is 0 Å². The highest BCUT2D eigenvalue weighted by molar-refractivity contribution is 5.79. The zero-order chi connectivity index (χ0) is 18.0. The van der Waals surface area contributed by atoms with Gasteiger partial charge in [0.25, 0.3) is 0 Å². The van der Waals surface area contributed by atoms with Crippen LogP contribution in [0.2, 0.25) is 0 Å². The molecule has 1 atom stereocenters. The van der Waals surface area contributed by atoms with E-state index < -0.39 is 0 Å². The van der Waals surface area contributed by atoms with Crippen LogP contribution in [0.1, 0.15) is 70.6 Å². The fraction of sp³-hybridized carbons (Fsp3) is 0.952. The molecule has 2 heterocycles. The molecule has 0 aromatic rings. The van der Waals surface area contributed by atoms with Gasteiger partial charge in [-0.3, -0.25) is 4.99 Å². The van der Waals surface area contributed by atoms with Gasteiger partial charge in [-0.15, -0.1) is 0 Å². The average Bonchev–Trinajstić information content (AvgIpc) is 3.37. The summed E-state index contributed by atoms with van der Waals surface area (Å²) in [5, 5.41) is 3.57. The molecule has 0 aromatic heterocycles. The molecule has 26 heavy (non-hydrogen) atoms. The van der Waals surface area contributed by atoms with E-state index in [1.165, 1.54) is 51.4 Å². The predicted molar refractivity (Wildman–Crippen MR) is 107 cm³/mol. The van der Waals surface area contributed by atoms with Gasteiger partial charge in [0, 0.05) is 33.3 Å². The number of hydrogen-bond donors (Lipinski definition) is 1. The summed E-state index contributed by atoms with van der Waals surface area (Å²) in [6.45, 7) is 4.82. The van der Waals surface area contributed by atoms with E-state index >= 15 is 0 Å². The largest absolute Gasteiger partial charge is 0.376 e. The minimum Gasteiger partial charge on any atom is -0.376 e. The molecule has 0 spiro atoms. The van der Waals surface area contributed by atoms with Crippen molar-refractivity contribution in [1.29, 1.82) is 0 Å². The second-order valence-electron chi connectivity index (χ2n) is 8.28. The van der Waals surface area contributed by atoms with Gasteiger partial charge in [-0.2, -0.15) is 0 Å². The number of likely N-dealkylation sites (tertiary alicyclic amines) is 1. The zero-order valence-electron chi connectivity index (χ0n) is 16.8. The topological polar surface area (TPSA) is 46.1 Å². The molecule has 3 fully saturated rings. The molecule has 150 valence electrons. The number of rotatable bonds is 8. The number of nitrogens with zero attached hydrogens (tertiary/aromatic N) is 2. The summed E-state index contributed by atoms with van der Waals surface area (Å²) in [5.74, 6) is 2.09. The Bertz CT molecular complexity index is 409. The van der Waals surface area contributed by atoms with Crippen LogP contribution in [0.4, 0.5) is 0 Å². The highest BCUT2D eigenvalue weighted by Crippen LogP contribution is 2.28. The third-order valence-electron chi connectivity index (χ3n) is 6.29. The zero-order valence-corrected chi connectivity index (χ0v) is 16.8. The van der Waals surface area contributed by atoms with Crippen molar-refractivity contribution in [2.75, 3.05) is 39.9 Å². The summed E-state index contributed by atoms with van der Waals surface area (Å²) in [6.07, 6.45) is 15.2. The van der Waals surface area contributed by atoms with Gasteiger partial charge in [-0.05, 0) is 38.0 Å². The summed E-state index contributed by atoms with van der Waals surface area (Å²) in [6, 6.07) is 0. The molecule has 5 nitrogen and oxygen atoms in total. The van der Waals surface area contributed by atoms with E-state index in [9.17, 15) is 0 Å². The lowest BCUT2D eigenvalue weighted by Crippen LogP contribution is -2.47. The van der Waals surface area contributed by atoms with E-state index in [-0.39, 0.29) is 0 Å². The van der Waals surface area contributed by atoms with Crippen LogP contribution in [0.25, 0.3) is 0 Å². The maximum Gasteiger partial charge on any atom is 0.193 e. The molecule has 5 heteroatoms. The summed E-state index contributed by atoms with van der Waals surface area (Å²) >= 11 is 0. The number of nitrogens with one attached hydrogen (secondary N) is 1. The highest BCUT2D eigenvalue weighted by Gasteiger charge is 2.24. The van der Waals surface area contributed by atoms with Crippen LogP contribution < -0.4 is 5.32 Å². The lowest BCUT2D eigenvalue weighted by atomic mass is 10.0. The molecule has 3 aliphatic rings. The van der Waals surface area contributed by atoms with Gasteiger partial charge < -0.3 is 19.7 Å². The molecule has 1 saturated carbocycles. The molecule has 3 rings (SSSR count). The third kappa shape index (κ3) is 6.41. The quantitative estimate of drug-likeness (QED) is 0.406. The van der Waals surface area contributed by atoms with Crippen molar-refractivity contribution in [2.45, 2.75) is 82.8 Å². The first-order valence-electron chi connectivity index (χ1n) is 11.0. The van der Waals surface area contributed by atoms with Gasteiger partial charge in [-0.1, -0.05) is 38.5 Å². The Hall–Kier alpha value is -0.810. The smallest absolute Gasteiger partial charge is 0.193 e. The molecule has 0 amide bonds. The van der Waals surface area contributed by atoms with Crippen molar-refractivity contribution in [3.05, 3.63) is 0 Å². The lowest BCUT2D eigenvalue weighted by Gasteiger charge is -2.34. The van der Waals surface area contributed by atoms with Gasteiger partial charge >= 0.3 is 0 Å². The molecule has 0 bridgehead atoms. The second kappa shape index (κ2) is 11.1. The minimum atomic E-state index is 0.340. The van der Waals surface area contributed by atoms with Crippen molar-refractivity contribution >= 4 is 5.96 Å². The van der Waals surface area contributed by atoms with Gasteiger partial charge in [0.2, 0.25) is 0 Å². The summed E-state index contributed by atoms with van der Waals surface area (Å²) < 4.78 is 11.7. The first-order valence-corrected chi connectivity index (χ1v) is 11.0. The predicted octanol–water partition coefficient (Wildman–Crippen LogP) is 3.58. The second-order valence-corrected chi connectivity index (χ2v) is 8.28. The lowest BCUT2D eigenvalue weighted by molar-refractivity contribution is -0.0367. The van der Waals surface area contributed by atoms with E-state index in [2.05, 4.69) is 15.2 Å². The molecule has 0 radical (unpaired) electrons. The Kier molecular flexibility index (Phi) is 8.53. The van der Waals surface area contributed by atoms with Crippen molar-refractivity contribution in [2.24, 2.45) is 10.9 Å². The fourth-order valence-corrected chi connectivity index (χ4v) is 4.64. The Morgan fingerprint density at radius 2 is 1.88 bits per heavy atom. The Morgan fingerprint density at radius 1 is 1.08 bits per heavy atom. The van der Waals surface area contributed by atoms with Crippen molar-refractivity contribution in [1.82, 2.24) is 10.2 Å². The number of piperidine rings is 1. The Morgan fingerprint density at radius 3 is 2.58 bits per heavy atom. The molecular weight excluding hydrogens is 326 g/mol. The molecule has 2 aliphatic heterocycles. The van der Waals surface area contributed by atoms with Crippen LogP contribution in [0, 0.1) is 5.92 Å². The third-order valence-corrected chi connectivity index (χ3v) is 6.29. The summed E-state index contributed by atoms with van der Waals surface area (Å²) in [4.78, 5) is 6.88. The maximum absolute atomic E-state index is 6.08. The average molecular weight is 366 g/mol. The van der Waals surface area contributed by atoms with Gasteiger partial charge in [0.1, 0.15) is 0 Å². The standard InChI is InChI=1S/C21H39N3O2/c1-22-21(23-13-5-4-9-18-7-2-3-8-18)24-14-11-19(12-15-24)26-17-20-10-6-16-25-20/h18-20H,2-17H2,1H3,(H,22,23). The number of hydrogen-bond acceptors (Lipinski definition) is 3.